The second-order valence-electron chi connectivity index (χ2n) is 6.30. The van der Waals surface area contributed by atoms with Gasteiger partial charge in [-0.05, 0) is 30.4 Å². The first kappa shape index (κ1) is 24.3. The number of nitrogens with zero attached hydrogens (tertiary/aromatic N) is 2. The molecule has 0 spiro atoms. The molecule has 0 aliphatic rings. The molecule has 0 fully saturated rings. The molecule has 28 heavy (non-hydrogen) atoms. The van der Waals surface area contributed by atoms with Gasteiger partial charge >= 0.3 is 6.18 Å². The first-order valence-corrected chi connectivity index (χ1v) is 8.89. The average Bonchev–Trinajstić information content (AvgIpc) is 3.12. The van der Waals surface area contributed by atoms with Gasteiger partial charge < -0.3 is 15.2 Å². The average molecular weight is 510 g/mol. The Labute approximate surface area is 180 Å². The quantitative estimate of drug-likeness (QED) is 0.321. The molecule has 1 unspecified atom stereocenters. The second kappa shape index (κ2) is 11.3. The molecule has 0 aliphatic heterocycles. The summed E-state index contributed by atoms with van der Waals surface area (Å²) >= 11 is 0. The van der Waals surface area contributed by atoms with E-state index in [0.717, 1.165) is 18.2 Å². The van der Waals surface area contributed by atoms with Gasteiger partial charge in [-0.2, -0.15) is 13.2 Å². The van der Waals surface area contributed by atoms with Crippen LogP contribution in [0.25, 0.3) is 0 Å². The number of alkyl halides is 3. The number of rotatable bonds is 7. The Kier molecular flexibility index (Phi) is 9.77. The summed E-state index contributed by atoms with van der Waals surface area (Å²) in [5, 5.41) is 10.2. The van der Waals surface area contributed by atoms with Gasteiger partial charge in [-0.1, -0.05) is 37.2 Å². The maximum atomic E-state index is 12.8. The van der Waals surface area contributed by atoms with Crippen molar-refractivity contribution in [3.63, 3.8) is 0 Å². The number of guanidine groups is 1. The third-order valence-electron chi connectivity index (χ3n) is 4.28. The van der Waals surface area contributed by atoms with Crippen LogP contribution < -0.4 is 10.6 Å². The van der Waals surface area contributed by atoms with Gasteiger partial charge in [0.25, 0.3) is 0 Å². The molecule has 2 aromatic rings. The van der Waals surface area contributed by atoms with Crippen LogP contribution in [-0.4, -0.2) is 24.7 Å². The minimum Gasteiger partial charge on any atom is -0.359 e. The molecule has 0 bridgehead atoms. The lowest BCUT2D eigenvalue weighted by atomic mass is 9.96. The fourth-order valence-corrected chi connectivity index (χ4v) is 2.59. The lowest BCUT2D eigenvalue weighted by Crippen LogP contribution is -2.37. The highest BCUT2D eigenvalue weighted by Crippen LogP contribution is 2.31. The summed E-state index contributed by atoms with van der Waals surface area (Å²) in [5.74, 6) is 1.30. The zero-order valence-corrected chi connectivity index (χ0v) is 18.5. The van der Waals surface area contributed by atoms with Crippen molar-refractivity contribution in [3.05, 3.63) is 52.9 Å². The first-order valence-electron chi connectivity index (χ1n) is 8.89. The molecule has 2 rings (SSSR count). The predicted octanol–water partition coefficient (Wildman–Crippen LogP) is 4.73. The van der Waals surface area contributed by atoms with Gasteiger partial charge in [0.1, 0.15) is 0 Å². The van der Waals surface area contributed by atoms with Crippen molar-refractivity contribution in [1.29, 1.82) is 0 Å². The summed E-state index contributed by atoms with van der Waals surface area (Å²) in [4.78, 5) is 4.13. The third kappa shape index (κ3) is 7.33. The number of hydrogen-bond donors (Lipinski definition) is 2. The van der Waals surface area contributed by atoms with Crippen LogP contribution in [0.15, 0.2) is 39.8 Å². The van der Waals surface area contributed by atoms with E-state index in [1.165, 1.54) is 12.1 Å². The van der Waals surface area contributed by atoms with Gasteiger partial charge in [0.15, 0.2) is 11.7 Å². The zero-order valence-electron chi connectivity index (χ0n) is 16.1. The van der Waals surface area contributed by atoms with Crippen molar-refractivity contribution in [2.24, 2.45) is 4.99 Å². The topological polar surface area (TPSA) is 62.5 Å². The van der Waals surface area contributed by atoms with Crippen LogP contribution in [-0.2, 0) is 19.1 Å². The number of nitrogens with one attached hydrogen (secondary N) is 2. The molecular formula is C19H26F3IN4O. The van der Waals surface area contributed by atoms with Crippen molar-refractivity contribution in [2.75, 3.05) is 13.6 Å². The van der Waals surface area contributed by atoms with Gasteiger partial charge in [-0.15, -0.1) is 24.0 Å². The number of aliphatic imine (C=N–C) groups is 1. The molecular weight excluding hydrogens is 484 g/mol. The molecule has 156 valence electrons. The zero-order chi connectivity index (χ0) is 19.9. The van der Waals surface area contributed by atoms with Gasteiger partial charge in [0.2, 0.25) is 0 Å². The van der Waals surface area contributed by atoms with Crippen molar-refractivity contribution >= 4 is 29.9 Å². The van der Waals surface area contributed by atoms with Gasteiger partial charge in [-0.3, -0.25) is 4.99 Å². The van der Waals surface area contributed by atoms with Gasteiger partial charge in [0.05, 0.1) is 17.8 Å². The molecule has 0 radical (unpaired) electrons. The molecule has 1 atom stereocenters. The van der Waals surface area contributed by atoms with E-state index >= 15 is 0 Å². The van der Waals surface area contributed by atoms with E-state index in [1.807, 2.05) is 19.9 Å². The number of aryl methyl sites for hydroxylation is 1. The maximum Gasteiger partial charge on any atom is 0.416 e. The Hall–Kier alpha value is -1.78. The van der Waals surface area contributed by atoms with Crippen LogP contribution >= 0.6 is 24.0 Å². The van der Waals surface area contributed by atoms with Gasteiger partial charge in [0, 0.05) is 19.7 Å². The largest absolute Gasteiger partial charge is 0.416 e. The summed E-state index contributed by atoms with van der Waals surface area (Å²) in [7, 11) is 1.66. The highest BCUT2D eigenvalue weighted by molar-refractivity contribution is 14.0. The van der Waals surface area contributed by atoms with Crippen molar-refractivity contribution in [2.45, 2.75) is 45.3 Å². The molecule has 5 nitrogen and oxygen atoms in total. The van der Waals surface area contributed by atoms with Crippen molar-refractivity contribution < 1.29 is 17.7 Å². The summed E-state index contributed by atoms with van der Waals surface area (Å²) < 4.78 is 43.7. The molecule has 1 heterocycles. The Morgan fingerprint density at radius 2 is 2.00 bits per heavy atom. The molecule has 1 aromatic heterocycles. The lowest BCUT2D eigenvalue weighted by molar-refractivity contribution is -0.137. The summed E-state index contributed by atoms with van der Waals surface area (Å²) in [6.45, 7) is 4.94. The minimum absolute atomic E-state index is 0. The van der Waals surface area contributed by atoms with Crippen LogP contribution in [0, 0.1) is 0 Å². The number of halogens is 4. The fourth-order valence-electron chi connectivity index (χ4n) is 2.59. The number of benzene rings is 1. The van der Waals surface area contributed by atoms with E-state index in [1.54, 1.807) is 13.1 Å². The Morgan fingerprint density at radius 3 is 2.61 bits per heavy atom. The smallest absolute Gasteiger partial charge is 0.359 e. The highest BCUT2D eigenvalue weighted by atomic mass is 127. The van der Waals surface area contributed by atoms with E-state index in [0.29, 0.717) is 36.8 Å². The highest BCUT2D eigenvalue weighted by Gasteiger charge is 2.30. The fraction of sp³-hybridized carbons (Fsp3) is 0.474. The molecule has 0 amide bonds. The van der Waals surface area contributed by atoms with Crippen molar-refractivity contribution in [3.8, 4) is 0 Å². The SMILES string of the molecule is CCc1cc(CNC(=NC)NCCC(C)c2cccc(C(F)(F)F)c2)on1.I. The van der Waals surface area contributed by atoms with E-state index in [2.05, 4.69) is 20.8 Å². The summed E-state index contributed by atoms with van der Waals surface area (Å²) in [5.41, 5.74) is 0.948. The molecule has 0 saturated heterocycles. The van der Waals surface area contributed by atoms with E-state index in [9.17, 15) is 13.2 Å². The van der Waals surface area contributed by atoms with Crippen LogP contribution in [0.4, 0.5) is 13.2 Å². The normalized spacial score (nSPS) is 13.0. The molecule has 9 heteroatoms. The standard InChI is InChI=1S/C19H25F3N4O.HI/c1-4-16-11-17(27-26-16)12-25-18(23-3)24-9-8-13(2)14-6-5-7-15(10-14)19(20,21)22;/h5-7,10-11,13H,4,8-9,12H2,1-3H3,(H2,23,24,25);1H. The Morgan fingerprint density at radius 1 is 1.25 bits per heavy atom. The van der Waals surface area contributed by atoms with E-state index in [4.69, 9.17) is 4.52 Å². The third-order valence-corrected chi connectivity index (χ3v) is 4.28. The number of hydrogen-bond acceptors (Lipinski definition) is 3. The van der Waals surface area contributed by atoms with E-state index < -0.39 is 11.7 Å². The van der Waals surface area contributed by atoms with Crippen LogP contribution in [0.2, 0.25) is 0 Å². The van der Waals surface area contributed by atoms with Crippen LogP contribution in [0.1, 0.15) is 48.8 Å². The molecule has 1 aromatic carbocycles. The van der Waals surface area contributed by atoms with Crippen LogP contribution in [0.5, 0.6) is 0 Å². The lowest BCUT2D eigenvalue weighted by Gasteiger charge is -2.16. The summed E-state index contributed by atoms with van der Waals surface area (Å²) in [6, 6.07) is 7.36. The Bertz CT molecular complexity index is 762. The second-order valence-corrected chi connectivity index (χ2v) is 6.30. The van der Waals surface area contributed by atoms with Crippen molar-refractivity contribution in [1.82, 2.24) is 15.8 Å². The first-order chi connectivity index (χ1) is 12.8. The summed E-state index contributed by atoms with van der Waals surface area (Å²) in [6.07, 6.45) is -2.84. The minimum atomic E-state index is -4.32. The number of aromatic nitrogens is 1. The monoisotopic (exact) mass is 510 g/mol. The molecule has 0 aliphatic carbocycles. The molecule has 2 N–H and O–H groups in total. The maximum absolute atomic E-state index is 12.8. The molecule has 0 saturated carbocycles. The van der Waals surface area contributed by atoms with Crippen LogP contribution in [0.3, 0.4) is 0 Å². The predicted molar refractivity (Wildman–Crippen MR) is 114 cm³/mol. The Balaban J connectivity index is 0.00000392. The van der Waals surface area contributed by atoms with E-state index in [-0.39, 0.29) is 29.9 Å². The van der Waals surface area contributed by atoms with Gasteiger partial charge in [-0.25, -0.2) is 0 Å².